The van der Waals surface area contributed by atoms with Gasteiger partial charge in [0.05, 0.1) is 24.1 Å². The van der Waals surface area contributed by atoms with Crippen molar-refractivity contribution >= 4 is 23.4 Å². The average Bonchev–Trinajstić information content (AvgIpc) is 3.25. The van der Waals surface area contributed by atoms with E-state index in [2.05, 4.69) is 16.0 Å². The van der Waals surface area contributed by atoms with Gasteiger partial charge in [-0.3, -0.25) is 14.4 Å². The molecule has 1 aromatic heterocycles. The minimum absolute atomic E-state index is 0.213. The van der Waals surface area contributed by atoms with Crippen LogP contribution in [0.25, 0.3) is 0 Å². The second kappa shape index (κ2) is 9.36. The first-order valence-corrected chi connectivity index (χ1v) is 9.07. The second-order valence-corrected chi connectivity index (χ2v) is 6.43. The van der Waals surface area contributed by atoms with Gasteiger partial charge in [-0.25, -0.2) is 0 Å². The van der Waals surface area contributed by atoms with Crippen LogP contribution < -0.4 is 16.0 Å². The Bertz CT molecular complexity index is 995. The fourth-order valence-corrected chi connectivity index (χ4v) is 2.61. The number of aryl methyl sites for hydroxylation is 1. The Balaban J connectivity index is 1.58. The van der Waals surface area contributed by atoms with Crippen molar-refractivity contribution in [2.75, 3.05) is 5.32 Å². The lowest BCUT2D eigenvalue weighted by Crippen LogP contribution is -2.35. The molecule has 3 N–H and O–H groups in total. The molecule has 0 saturated carbocycles. The van der Waals surface area contributed by atoms with Gasteiger partial charge >= 0.3 is 11.8 Å². The van der Waals surface area contributed by atoms with Crippen LogP contribution in [-0.2, 0) is 22.7 Å². The second-order valence-electron chi connectivity index (χ2n) is 6.43. The van der Waals surface area contributed by atoms with Gasteiger partial charge in [0.2, 0.25) is 0 Å². The summed E-state index contributed by atoms with van der Waals surface area (Å²) in [5, 5.41) is 7.77. The molecule has 29 heavy (non-hydrogen) atoms. The van der Waals surface area contributed by atoms with Crippen LogP contribution in [0.1, 0.15) is 27.2 Å². The molecule has 0 unspecified atom stereocenters. The Hall–Kier alpha value is -3.87. The van der Waals surface area contributed by atoms with Crippen LogP contribution in [0.15, 0.2) is 71.3 Å². The maximum absolute atomic E-state index is 12.4. The van der Waals surface area contributed by atoms with Gasteiger partial charge in [0.1, 0.15) is 5.76 Å². The van der Waals surface area contributed by atoms with Gasteiger partial charge in [-0.05, 0) is 36.8 Å². The summed E-state index contributed by atoms with van der Waals surface area (Å²) in [4.78, 5) is 36.8. The SMILES string of the molecule is Cc1ccc(CNC(=O)C(=O)Nc2ccccc2C(=O)NCc2ccco2)cc1. The molecule has 0 radical (unpaired) electrons. The van der Waals surface area contributed by atoms with E-state index in [4.69, 9.17) is 4.42 Å². The van der Waals surface area contributed by atoms with Crippen molar-refractivity contribution in [3.63, 3.8) is 0 Å². The molecule has 7 nitrogen and oxygen atoms in total. The molecule has 2 aromatic carbocycles. The van der Waals surface area contributed by atoms with E-state index in [9.17, 15) is 14.4 Å². The number of rotatable bonds is 6. The van der Waals surface area contributed by atoms with Crippen LogP contribution in [0.3, 0.4) is 0 Å². The Morgan fingerprint density at radius 3 is 2.31 bits per heavy atom. The third kappa shape index (κ3) is 5.55. The number of benzene rings is 2. The molecule has 0 atom stereocenters. The van der Waals surface area contributed by atoms with E-state index in [-0.39, 0.29) is 24.3 Å². The lowest BCUT2D eigenvalue weighted by Gasteiger charge is -2.11. The maximum Gasteiger partial charge on any atom is 0.313 e. The number of carbonyl (C=O) groups is 3. The summed E-state index contributed by atoms with van der Waals surface area (Å²) >= 11 is 0. The third-order valence-electron chi connectivity index (χ3n) is 4.20. The van der Waals surface area contributed by atoms with Crippen molar-refractivity contribution in [2.45, 2.75) is 20.0 Å². The number of hydrogen-bond acceptors (Lipinski definition) is 4. The minimum atomic E-state index is -0.844. The van der Waals surface area contributed by atoms with E-state index in [0.29, 0.717) is 5.76 Å². The predicted molar refractivity (Wildman–Crippen MR) is 108 cm³/mol. The molecule has 3 aromatic rings. The number of amides is 3. The van der Waals surface area contributed by atoms with Crippen LogP contribution in [0, 0.1) is 6.92 Å². The molecule has 0 aliphatic rings. The van der Waals surface area contributed by atoms with E-state index < -0.39 is 17.7 Å². The van der Waals surface area contributed by atoms with Crippen LogP contribution in [0.5, 0.6) is 0 Å². The van der Waals surface area contributed by atoms with Gasteiger partial charge in [0.15, 0.2) is 0 Å². The Kier molecular flexibility index (Phi) is 6.42. The number of furan rings is 1. The molecular formula is C22H21N3O4. The zero-order valence-corrected chi connectivity index (χ0v) is 15.9. The maximum atomic E-state index is 12.4. The fourth-order valence-electron chi connectivity index (χ4n) is 2.61. The topological polar surface area (TPSA) is 100 Å². The van der Waals surface area contributed by atoms with Gasteiger partial charge in [-0.1, -0.05) is 42.0 Å². The van der Waals surface area contributed by atoms with Crippen LogP contribution >= 0.6 is 0 Å². The Morgan fingerprint density at radius 1 is 0.828 bits per heavy atom. The van der Waals surface area contributed by atoms with Crippen LogP contribution in [0.2, 0.25) is 0 Å². The van der Waals surface area contributed by atoms with E-state index >= 15 is 0 Å². The summed E-state index contributed by atoms with van der Waals surface area (Å²) in [6.45, 7) is 2.42. The van der Waals surface area contributed by atoms with Crippen LogP contribution in [0.4, 0.5) is 5.69 Å². The summed E-state index contributed by atoms with van der Waals surface area (Å²) < 4.78 is 5.18. The molecule has 0 fully saturated rings. The van der Waals surface area contributed by atoms with E-state index in [1.807, 2.05) is 31.2 Å². The number of anilines is 1. The molecule has 148 valence electrons. The van der Waals surface area contributed by atoms with E-state index in [1.165, 1.54) is 6.26 Å². The molecular weight excluding hydrogens is 370 g/mol. The molecule has 3 amide bonds. The van der Waals surface area contributed by atoms with Crippen molar-refractivity contribution < 1.29 is 18.8 Å². The largest absolute Gasteiger partial charge is 0.467 e. The summed E-state index contributed by atoms with van der Waals surface area (Å²) in [6, 6.07) is 17.6. The monoisotopic (exact) mass is 391 g/mol. The first-order valence-electron chi connectivity index (χ1n) is 9.07. The smallest absolute Gasteiger partial charge is 0.313 e. The van der Waals surface area contributed by atoms with Gasteiger partial charge < -0.3 is 20.4 Å². The first-order chi connectivity index (χ1) is 14.0. The summed E-state index contributed by atoms with van der Waals surface area (Å²) in [5.41, 5.74) is 2.49. The Morgan fingerprint density at radius 2 is 1.59 bits per heavy atom. The summed E-state index contributed by atoms with van der Waals surface area (Å²) in [7, 11) is 0. The van der Waals surface area contributed by atoms with Gasteiger partial charge in [-0.2, -0.15) is 0 Å². The number of nitrogens with one attached hydrogen (secondary N) is 3. The molecule has 0 aliphatic heterocycles. The molecule has 0 aliphatic carbocycles. The molecule has 0 bridgehead atoms. The zero-order chi connectivity index (χ0) is 20.6. The predicted octanol–water partition coefficient (Wildman–Crippen LogP) is 2.77. The lowest BCUT2D eigenvalue weighted by atomic mass is 10.1. The molecule has 7 heteroatoms. The van der Waals surface area contributed by atoms with Gasteiger partial charge in [0.25, 0.3) is 5.91 Å². The third-order valence-corrected chi connectivity index (χ3v) is 4.20. The van der Waals surface area contributed by atoms with Gasteiger partial charge in [-0.15, -0.1) is 0 Å². The number of para-hydroxylation sites is 1. The van der Waals surface area contributed by atoms with Crippen molar-refractivity contribution in [1.29, 1.82) is 0 Å². The first kappa shape index (κ1) is 19.9. The highest BCUT2D eigenvalue weighted by atomic mass is 16.3. The van der Waals surface area contributed by atoms with E-state index in [1.54, 1.807) is 36.4 Å². The molecule has 0 saturated heterocycles. The fraction of sp³-hybridized carbons (Fsp3) is 0.136. The highest BCUT2D eigenvalue weighted by Gasteiger charge is 2.17. The number of hydrogen-bond donors (Lipinski definition) is 3. The summed E-state index contributed by atoms with van der Waals surface area (Å²) in [5.74, 6) is -1.41. The number of carbonyl (C=O) groups excluding carboxylic acids is 3. The molecule has 3 rings (SSSR count). The van der Waals surface area contributed by atoms with Gasteiger partial charge in [0, 0.05) is 6.54 Å². The molecule has 1 heterocycles. The van der Waals surface area contributed by atoms with Crippen molar-refractivity contribution in [1.82, 2.24) is 10.6 Å². The standard InChI is InChI=1S/C22H21N3O4/c1-15-8-10-16(11-9-15)13-23-21(27)22(28)25-19-7-3-2-6-18(19)20(26)24-14-17-5-4-12-29-17/h2-12H,13-14H2,1H3,(H,23,27)(H,24,26)(H,25,28). The minimum Gasteiger partial charge on any atom is -0.467 e. The van der Waals surface area contributed by atoms with Crippen molar-refractivity contribution in [3.8, 4) is 0 Å². The zero-order valence-electron chi connectivity index (χ0n) is 15.9. The van der Waals surface area contributed by atoms with E-state index in [0.717, 1.165) is 11.1 Å². The average molecular weight is 391 g/mol. The molecule has 0 spiro atoms. The lowest BCUT2D eigenvalue weighted by molar-refractivity contribution is -0.136. The van der Waals surface area contributed by atoms with Crippen LogP contribution in [-0.4, -0.2) is 17.7 Å². The summed E-state index contributed by atoms with van der Waals surface area (Å²) in [6.07, 6.45) is 1.52. The van der Waals surface area contributed by atoms with Crippen molar-refractivity contribution in [2.24, 2.45) is 0 Å². The normalized spacial score (nSPS) is 10.2. The van der Waals surface area contributed by atoms with Crippen molar-refractivity contribution in [3.05, 3.63) is 89.4 Å². The quantitative estimate of drug-likeness (QED) is 0.563. The highest BCUT2D eigenvalue weighted by Crippen LogP contribution is 2.15. The highest BCUT2D eigenvalue weighted by molar-refractivity contribution is 6.40. The Labute approximate surface area is 168 Å².